The molecule has 0 atom stereocenters. The molecule has 20 heavy (non-hydrogen) atoms. The summed E-state index contributed by atoms with van der Waals surface area (Å²) in [7, 11) is -3.52. The molecule has 1 aromatic rings. The molecule has 5 nitrogen and oxygen atoms in total. The third kappa shape index (κ3) is 3.93. The number of aromatic nitrogens is 1. The van der Waals surface area contributed by atoms with Crippen molar-refractivity contribution >= 4 is 15.7 Å². The van der Waals surface area contributed by atoms with Crippen molar-refractivity contribution in [3.05, 3.63) is 18.3 Å². The lowest BCUT2D eigenvalue weighted by atomic mass is 9.83. The van der Waals surface area contributed by atoms with Crippen LogP contribution in [0.25, 0.3) is 0 Å². The van der Waals surface area contributed by atoms with Crippen LogP contribution in [0.3, 0.4) is 0 Å². The SMILES string of the molecule is CCCNc1cccnc1S(=O)(=O)NCCC1CCC1. The van der Waals surface area contributed by atoms with Gasteiger partial charge in [0.05, 0.1) is 5.69 Å². The van der Waals surface area contributed by atoms with Gasteiger partial charge in [-0.3, -0.25) is 0 Å². The molecular formula is C14H23N3O2S. The Hall–Kier alpha value is -1.14. The third-order valence-electron chi connectivity index (χ3n) is 3.66. The molecule has 1 fully saturated rings. The van der Waals surface area contributed by atoms with E-state index in [1.165, 1.54) is 25.5 Å². The van der Waals surface area contributed by atoms with Gasteiger partial charge >= 0.3 is 0 Å². The van der Waals surface area contributed by atoms with E-state index in [4.69, 9.17) is 0 Å². The monoisotopic (exact) mass is 297 g/mol. The fourth-order valence-corrected chi connectivity index (χ4v) is 3.40. The Morgan fingerprint density at radius 1 is 1.35 bits per heavy atom. The molecule has 0 spiro atoms. The molecule has 1 aliphatic rings. The number of rotatable bonds is 8. The summed E-state index contributed by atoms with van der Waals surface area (Å²) in [6, 6.07) is 3.49. The van der Waals surface area contributed by atoms with Crippen molar-refractivity contribution in [1.82, 2.24) is 9.71 Å². The van der Waals surface area contributed by atoms with Crippen molar-refractivity contribution < 1.29 is 8.42 Å². The van der Waals surface area contributed by atoms with Gasteiger partial charge in [-0.1, -0.05) is 26.2 Å². The second-order valence-electron chi connectivity index (χ2n) is 5.27. The Kier molecular flexibility index (Phi) is 5.37. The molecule has 112 valence electrons. The van der Waals surface area contributed by atoms with Gasteiger partial charge in [-0.2, -0.15) is 0 Å². The first kappa shape index (κ1) is 15.3. The zero-order chi connectivity index (χ0) is 14.4. The van der Waals surface area contributed by atoms with Gasteiger partial charge in [0.2, 0.25) is 0 Å². The van der Waals surface area contributed by atoms with Gasteiger partial charge in [-0.05, 0) is 30.9 Å². The fraction of sp³-hybridized carbons (Fsp3) is 0.643. The standard InChI is InChI=1S/C14H23N3O2S/c1-2-9-15-13-7-4-10-16-14(13)20(18,19)17-11-8-12-5-3-6-12/h4,7,10,12,15,17H,2-3,5-6,8-9,11H2,1H3. The second-order valence-corrected chi connectivity index (χ2v) is 6.95. The molecule has 0 aliphatic heterocycles. The minimum atomic E-state index is -3.52. The van der Waals surface area contributed by atoms with Crippen molar-refractivity contribution in [2.45, 2.75) is 44.1 Å². The first-order chi connectivity index (χ1) is 9.63. The maximum Gasteiger partial charge on any atom is 0.260 e. The number of hydrogen-bond acceptors (Lipinski definition) is 4. The zero-order valence-corrected chi connectivity index (χ0v) is 12.7. The van der Waals surface area contributed by atoms with E-state index in [0.717, 1.165) is 19.4 Å². The van der Waals surface area contributed by atoms with Crippen molar-refractivity contribution in [2.75, 3.05) is 18.4 Å². The van der Waals surface area contributed by atoms with Gasteiger partial charge in [-0.25, -0.2) is 18.1 Å². The number of nitrogens with zero attached hydrogens (tertiary/aromatic N) is 1. The molecule has 6 heteroatoms. The van der Waals surface area contributed by atoms with Crippen LogP contribution in [0.5, 0.6) is 0 Å². The quantitative estimate of drug-likeness (QED) is 0.773. The van der Waals surface area contributed by atoms with Gasteiger partial charge in [0.15, 0.2) is 5.03 Å². The van der Waals surface area contributed by atoms with Crippen LogP contribution in [0.4, 0.5) is 5.69 Å². The van der Waals surface area contributed by atoms with Crippen LogP contribution in [0.2, 0.25) is 0 Å². The lowest BCUT2D eigenvalue weighted by Crippen LogP contribution is -2.29. The highest BCUT2D eigenvalue weighted by Gasteiger charge is 2.22. The van der Waals surface area contributed by atoms with Gasteiger partial charge in [-0.15, -0.1) is 0 Å². The van der Waals surface area contributed by atoms with Gasteiger partial charge in [0, 0.05) is 19.3 Å². The van der Waals surface area contributed by atoms with E-state index in [0.29, 0.717) is 18.2 Å². The summed E-state index contributed by atoms with van der Waals surface area (Å²) < 4.78 is 27.2. The Morgan fingerprint density at radius 3 is 2.80 bits per heavy atom. The molecule has 0 bridgehead atoms. The summed E-state index contributed by atoms with van der Waals surface area (Å²) in [4.78, 5) is 4.02. The van der Waals surface area contributed by atoms with Gasteiger partial charge in [0.1, 0.15) is 0 Å². The number of anilines is 1. The number of sulfonamides is 1. The van der Waals surface area contributed by atoms with Gasteiger partial charge in [0.25, 0.3) is 10.0 Å². The van der Waals surface area contributed by atoms with Crippen LogP contribution in [-0.2, 0) is 10.0 Å². The van der Waals surface area contributed by atoms with Crippen molar-refractivity contribution in [2.24, 2.45) is 5.92 Å². The van der Waals surface area contributed by atoms with Gasteiger partial charge < -0.3 is 5.32 Å². The Labute approximate surface area is 121 Å². The van der Waals surface area contributed by atoms with Crippen molar-refractivity contribution in [3.63, 3.8) is 0 Å². The van der Waals surface area contributed by atoms with E-state index in [1.807, 2.05) is 6.92 Å². The molecular weight excluding hydrogens is 274 g/mol. The minimum Gasteiger partial charge on any atom is -0.383 e. The van der Waals surface area contributed by atoms with E-state index >= 15 is 0 Å². The fourth-order valence-electron chi connectivity index (χ4n) is 2.25. The van der Waals surface area contributed by atoms with E-state index in [9.17, 15) is 8.42 Å². The van der Waals surface area contributed by atoms with Crippen LogP contribution in [-0.4, -0.2) is 26.5 Å². The molecule has 0 saturated heterocycles. The number of pyridine rings is 1. The molecule has 2 N–H and O–H groups in total. The third-order valence-corrected chi connectivity index (χ3v) is 5.08. The summed E-state index contributed by atoms with van der Waals surface area (Å²) in [5, 5.41) is 3.21. The number of nitrogens with one attached hydrogen (secondary N) is 2. The lowest BCUT2D eigenvalue weighted by Gasteiger charge is -2.25. The second kappa shape index (κ2) is 7.04. The average molecular weight is 297 g/mol. The molecule has 0 unspecified atom stereocenters. The highest BCUT2D eigenvalue weighted by Crippen LogP contribution is 2.29. The summed E-state index contributed by atoms with van der Waals surface area (Å²) >= 11 is 0. The molecule has 1 heterocycles. The first-order valence-electron chi connectivity index (χ1n) is 7.32. The Morgan fingerprint density at radius 2 is 2.15 bits per heavy atom. The number of hydrogen-bond donors (Lipinski definition) is 2. The summed E-state index contributed by atoms with van der Waals surface area (Å²) in [6.07, 6.45) is 7.11. The van der Waals surface area contributed by atoms with Crippen LogP contribution in [0, 0.1) is 5.92 Å². The predicted molar refractivity (Wildman–Crippen MR) is 80.2 cm³/mol. The molecule has 0 radical (unpaired) electrons. The van der Waals surface area contributed by atoms with Crippen LogP contribution in [0.15, 0.2) is 23.4 Å². The summed E-state index contributed by atoms with van der Waals surface area (Å²) in [5.41, 5.74) is 0.575. The summed E-state index contributed by atoms with van der Waals surface area (Å²) in [6.45, 7) is 3.27. The molecule has 1 aliphatic carbocycles. The van der Waals surface area contributed by atoms with Crippen molar-refractivity contribution in [3.8, 4) is 0 Å². The molecule has 2 rings (SSSR count). The first-order valence-corrected chi connectivity index (χ1v) is 8.80. The largest absolute Gasteiger partial charge is 0.383 e. The minimum absolute atomic E-state index is 0.0991. The summed E-state index contributed by atoms with van der Waals surface area (Å²) in [5.74, 6) is 0.694. The molecule has 1 aromatic heterocycles. The van der Waals surface area contributed by atoms with E-state index in [-0.39, 0.29) is 5.03 Å². The van der Waals surface area contributed by atoms with Crippen LogP contribution >= 0.6 is 0 Å². The van der Waals surface area contributed by atoms with Crippen LogP contribution < -0.4 is 10.0 Å². The van der Waals surface area contributed by atoms with E-state index in [2.05, 4.69) is 15.0 Å². The van der Waals surface area contributed by atoms with Crippen molar-refractivity contribution in [1.29, 1.82) is 0 Å². The predicted octanol–water partition coefficient (Wildman–Crippen LogP) is 2.37. The molecule has 0 aromatic carbocycles. The van der Waals surface area contributed by atoms with Crippen LogP contribution in [0.1, 0.15) is 39.0 Å². The lowest BCUT2D eigenvalue weighted by molar-refractivity contribution is 0.297. The highest BCUT2D eigenvalue weighted by molar-refractivity contribution is 7.89. The normalized spacial score (nSPS) is 15.8. The maximum absolute atomic E-state index is 12.3. The maximum atomic E-state index is 12.3. The molecule has 1 saturated carbocycles. The smallest absolute Gasteiger partial charge is 0.260 e. The Balaban J connectivity index is 1.99. The average Bonchev–Trinajstić information content (AvgIpc) is 2.39. The molecule has 0 amide bonds. The zero-order valence-electron chi connectivity index (χ0n) is 11.9. The topological polar surface area (TPSA) is 71.1 Å². The Bertz CT molecular complexity index is 527. The highest BCUT2D eigenvalue weighted by atomic mass is 32.2. The van der Waals surface area contributed by atoms with E-state index in [1.54, 1.807) is 12.1 Å². The van der Waals surface area contributed by atoms with E-state index < -0.39 is 10.0 Å².